The van der Waals surface area contributed by atoms with E-state index in [0.717, 1.165) is 30.4 Å². The van der Waals surface area contributed by atoms with E-state index in [0.29, 0.717) is 23.6 Å². The summed E-state index contributed by atoms with van der Waals surface area (Å²) in [7, 11) is 1.55. The molecule has 1 aliphatic carbocycles. The molecule has 0 aliphatic heterocycles. The van der Waals surface area contributed by atoms with Crippen LogP contribution in [0.3, 0.4) is 0 Å². The second kappa shape index (κ2) is 5.41. The lowest BCUT2D eigenvalue weighted by molar-refractivity contribution is -0.145. The number of benzene rings is 1. The average molecular weight is 283 g/mol. The zero-order chi connectivity index (χ0) is 14.0. The molecular weight excluding hydrogens is 264 g/mol. The van der Waals surface area contributed by atoms with Crippen LogP contribution in [0.2, 0.25) is 5.02 Å². The Balaban J connectivity index is 2.62. The summed E-state index contributed by atoms with van der Waals surface area (Å²) in [5.74, 6) is -0.223. The molecule has 0 radical (unpaired) electrons. The van der Waals surface area contributed by atoms with Gasteiger partial charge in [-0.3, -0.25) is 4.79 Å². The molecule has 104 valence electrons. The number of carboxylic acids is 1. The number of carboxylic acid groups (broad SMARTS) is 1. The highest BCUT2D eigenvalue weighted by Gasteiger charge is 2.44. The third kappa shape index (κ3) is 2.32. The van der Waals surface area contributed by atoms with Gasteiger partial charge in [-0.15, -0.1) is 0 Å². The Labute approximate surface area is 118 Å². The molecule has 0 atom stereocenters. The van der Waals surface area contributed by atoms with Gasteiger partial charge in [0, 0.05) is 0 Å². The van der Waals surface area contributed by atoms with Gasteiger partial charge in [0.15, 0.2) is 0 Å². The predicted octanol–water partition coefficient (Wildman–Crippen LogP) is 3.94. The van der Waals surface area contributed by atoms with Gasteiger partial charge in [0.1, 0.15) is 5.75 Å². The maximum atomic E-state index is 11.9. The minimum atomic E-state index is -0.853. The Hall–Kier alpha value is -1.22. The van der Waals surface area contributed by atoms with Crippen molar-refractivity contribution in [1.29, 1.82) is 0 Å². The van der Waals surface area contributed by atoms with Crippen molar-refractivity contribution in [2.45, 2.75) is 44.4 Å². The molecule has 0 bridgehead atoms. The largest absolute Gasteiger partial charge is 0.495 e. The summed E-state index contributed by atoms with van der Waals surface area (Å²) in [6.07, 6.45) is 4.25. The molecule has 2 rings (SSSR count). The fourth-order valence-corrected chi connectivity index (χ4v) is 3.59. The molecule has 1 N–H and O–H groups in total. The Morgan fingerprint density at radius 3 is 2.47 bits per heavy atom. The molecule has 0 spiro atoms. The second-order valence-corrected chi connectivity index (χ2v) is 5.60. The lowest BCUT2D eigenvalue weighted by Crippen LogP contribution is -2.38. The van der Waals surface area contributed by atoms with Crippen LogP contribution in [-0.2, 0) is 10.2 Å². The fourth-order valence-electron chi connectivity index (χ4n) is 3.12. The number of aryl methyl sites for hydroxylation is 1. The minimum Gasteiger partial charge on any atom is -0.495 e. The Bertz CT molecular complexity index is 490. The van der Waals surface area contributed by atoms with Gasteiger partial charge in [-0.2, -0.15) is 0 Å². The lowest BCUT2D eigenvalue weighted by atomic mass is 9.68. The van der Waals surface area contributed by atoms with Crippen LogP contribution in [0.5, 0.6) is 5.75 Å². The van der Waals surface area contributed by atoms with E-state index in [1.165, 1.54) is 0 Å². The molecule has 0 aromatic heterocycles. The van der Waals surface area contributed by atoms with Crippen molar-refractivity contribution in [2.75, 3.05) is 7.11 Å². The first kappa shape index (κ1) is 14.2. The maximum Gasteiger partial charge on any atom is 0.314 e. The molecule has 1 saturated carbocycles. The van der Waals surface area contributed by atoms with Crippen molar-refractivity contribution in [2.24, 2.45) is 0 Å². The number of methoxy groups -OCH3 is 1. The van der Waals surface area contributed by atoms with E-state index in [1.54, 1.807) is 13.2 Å². The van der Waals surface area contributed by atoms with Crippen LogP contribution < -0.4 is 4.74 Å². The topological polar surface area (TPSA) is 46.5 Å². The Morgan fingerprint density at radius 2 is 1.95 bits per heavy atom. The van der Waals surface area contributed by atoms with E-state index in [1.807, 2.05) is 13.0 Å². The number of carbonyl (C=O) groups is 1. The first-order chi connectivity index (χ1) is 9.03. The molecule has 1 fully saturated rings. The number of ether oxygens (including phenoxy) is 1. The third-order valence-electron chi connectivity index (χ3n) is 4.13. The predicted molar refractivity (Wildman–Crippen MR) is 75.1 cm³/mol. The molecule has 1 aliphatic rings. The number of hydrogen-bond acceptors (Lipinski definition) is 2. The van der Waals surface area contributed by atoms with Crippen molar-refractivity contribution in [3.63, 3.8) is 0 Å². The van der Waals surface area contributed by atoms with Gasteiger partial charge in [-0.25, -0.2) is 0 Å². The van der Waals surface area contributed by atoms with Gasteiger partial charge in [0.2, 0.25) is 0 Å². The minimum absolute atomic E-state index is 0.451. The van der Waals surface area contributed by atoms with Crippen LogP contribution >= 0.6 is 11.6 Å². The number of halogens is 1. The SMILES string of the molecule is COc1ccc(C)c(C2(C(=O)O)CCCCC2)c1Cl. The zero-order valence-corrected chi connectivity index (χ0v) is 12.1. The van der Waals surface area contributed by atoms with Gasteiger partial charge < -0.3 is 9.84 Å². The van der Waals surface area contributed by atoms with Gasteiger partial charge in [-0.1, -0.05) is 36.9 Å². The van der Waals surface area contributed by atoms with Crippen molar-refractivity contribution < 1.29 is 14.6 Å². The monoisotopic (exact) mass is 282 g/mol. The Kier molecular flexibility index (Phi) is 4.04. The normalized spacial score (nSPS) is 18.1. The highest BCUT2D eigenvalue weighted by molar-refractivity contribution is 6.33. The standard InChI is InChI=1S/C15H19ClO3/c1-10-6-7-11(19-2)13(16)12(10)15(14(17)18)8-4-3-5-9-15/h6-7H,3-5,8-9H2,1-2H3,(H,17,18). The molecule has 4 heteroatoms. The molecule has 1 aromatic rings. The number of aliphatic carboxylic acids is 1. The van der Waals surface area contributed by atoms with Crippen LogP contribution in [0, 0.1) is 6.92 Å². The van der Waals surface area contributed by atoms with E-state index in [2.05, 4.69) is 0 Å². The molecular formula is C15H19ClO3. The summed E-state index contributed by atoms with van der Waals surface area (Å²) in [6, 6.07) is 3.68. The van der Waals surface area contributed by atoms with E-state index >= 15 is 0 Å². The third-order valence-corrected chi connectivity index (χ3v) is 4.51. The molecule has 0 heterocycles. The summed E-state index contributed by atoms with van der Waals surface area (Å²) in [5, 5.41) is 10.2. The van der Waals surface area contributed by atoms with Crippen molar-refractivity contribution in [1.82, 2.24) is 0 Å². The molecule has 0 unspecified atom stereocenters. The molecule has 0 amide bonds. The van der Waals surface area contributed by atoms with Gasteiger partial charge in [-0.05, 0) is 37.0 Å². The quantitative estimate of drug-likeness (QED) is 0.913. The van der Waals surface area contributed by atoms with Gasteiger partial charge >= 0.3 is 5.97 Å². The molecule has 19 heavy (non-hydrogen) atoms. The average Bonchev–Trinajstić information content (AvgIpc) is 2.40. The van der Waals surface area contributed by atoms with Crippen molar-refractivity contribution in [3.05, 3.63) is 28.3 Å². The molecule has 3 nitrogen and oxygen atoms in total. The first-order valence-electron chi connectivity index (χ1n) is 6.60. The van der Waals surface area contributed by atoms with Crippen molar-refractivity contribution >= 4 is 17.6 Å². The van der Waals surface area contributed by atoms with Crippen molar-refractivity contribution in [3.8, 4) is 5.75 Å². The lowest BCUT2D eigenvalue weighted by Gasteiger charge is -2.35. The van der Waals surface area contributed by atoms with Crippen LogP contribution in [0.1, 0.15) is 43.2 Å². The Morgan fingerprint density at radius 1 is 1.32 bits per heavy atom. The highest BCUT2D eigenvalue weighted by atomic mass is 35.5. The van der Waals surface area contributed by atoms with E-state index in [9.17, 15) is 9.90 Å². The fraction of sp³-hybridized carbons (Fsp3) is 0.533. The highest BCUT2D eigenvalue weighted by Crippen LogP contribution is 2.46. The van der Waals surface area contributed by atoms with Crippen LogP contribution in [-0.4, -0.2) is 18.2 Å². The van der Waals surface area contributed by atoms with Crippen LogP contribution in [0.25, 0.3) is 0 Å². The smallest absolute Gasteiger partial charge is 0.314 e. The zero-order valence-electron chi connectivity index (χ0n) is 11.3. The van der Waals surface area contributed by atoms with E-state index < -0.39 is 11.4 Å². The molecule has 1 aromatic carbocycles. The summed E-state index contributed by atoms with van der Waals surface area (Å²) in [4.78, 5) is 11.9. The van der Waals surface area contributed by atoms with E-state index in [4.69, 9.17) is 16.3 Å². The van der Waals surface area contributed by atoms with Crippen LogP contribution in [0.15, 0.2) is 12.1 Å². The van der Waals surface area contributed by atoms with Crippen LogP contribution in [0.4, 0.5) is 0 Å². The van der Waals surface area contributed by atoms with E-state index in [-0.39, 0.29) is 0 Å². The van der Waals surface area contributed by atoms with Gasteiger partial charge in [0.25, 0.3) is 0 Å². The maximum absolute atomic E-state index is 11.9. The first-order valence-corrected chi connectivity index (χ1v) is 6.97. The summed E-state index contributed by atoms with van der Waals surface area (Å²) in [6.45, 7) is 1.92. The summed E-state index contributed by atoms with van der Waals surface area (Å²) >= 11 is 6.39. The summed E-state index contributed by atoms with van der Waals surface area (Å²) in [5.41, 5.74) is 0.810. The van der Waals surface area contributed by atoms with Gasteiger partial charge in [0.05, 0.1) is 17.5 Å². The summed E-state index contributed by atoms with van der Waals surface area (Å²) < 4.78 is 5.23. The number of rotatable bonds is 3. The molecule has 0 saturated heterocycles. The number of hydrogen-bond donors (Lipinski definition) is 1. The second-order valence-electron chi connectivity index (χ2n) is 5.22.